The van der Waals surface area contributed by atoms with Crippen LogP contribution >= 0.6 is 0 Å². The Labute approximate surface area is 146 Å². The van der Waals surface area contributed by atoms with Crippen molar-refractivity contribution in [2.24, 2.45) is 0 Å². The first kappa shape index (κ1) is 16.2. The van der Waals surface area contributed by atoms with Gasteiger partial charge in [-0.25, -0.2) is 0 Å². The first-order chi connectivity index (χ1) is 11.7. The number of ether oxygens (including phenoxy) is 1. The minimum atomic E-state index is -0.191. The second-order valence-electron chi connectivity index (χ2n) is 7.69. The van der Waals surface area contributed by atoms with Crippen molar-refractivity contribution in [3.8, 4) is 0 Å². The van der Waals surface area contributed by atoms with E-state index in [1.807, 2.05) is 0 Å². The van der Waals surface area contributed by atoms with Gasteiger partial charge in [-0.15, -0.1) is 0 Å². The number of allylic oxidation sites excluding steroid dienone is 1. The van der Waals surface area contributed by atoms with E-state index in [1.54, 1.807) is 5.57 Å². The number of rotatable bonds is 2. The summed E-state index contributed by atoms with van der Waals surface area (Å²) < 4.78 is 6.79. The van der Waals surface area contributed by atoms with Crippen molar-refractivity contribution >= 4 is 5.69 Å². The maximum absolute atomic E-state index is 6.79. The summed E-state index contributed by atoms with van der Waals surface area (Å²) >= 11 is 0. The molecule has 0 radical (unpaired) electrons. The molecule has 0 aliphatic carbocycles. The van der Waals surface area contributed by atoms with Gasteiger partial charge in [-0.3, -0.25) is 4.90 Å². The minimum absolute atomic E-state index is 0.191. The minimum Gasteiger partial charge on any atom is -0.357 e. The van der Waals surface area contributed by atoms with E-state index in [9.17, 15) is 0 Å². The van der Waals surface area contributed by atoms with Gasteiger partial charge in [-0.1, -0.05) is 36.8 Å². The second kappa shape index (κ2) is 6.20. The highest BCUT2D eigenvalue weighted by Gasteiger charge is 2.55. The lowest BCUT2D eigenvalue weighted by Gasteiger charge is -2.35. The van der Waals surface area contributed by atoms with Gasteiger partial charge in [0, 0.05) is 24.2 Å². The fraction of sp³-hybridized carbons (Fsp3) is 0.619. The van der Waals surface area contributed by atoms with Crippen molar-refractivity contribution in [3.63, 3.8) is 0 Å². The number of nitrogens with one attached hydrogen (secondary N) is 1. The molecule has 4 rings (SSSR count). The molecule has 24 heavy (non-hydrogen) atoms. The molecule has 2 bridgehead atoms. The highest BCUT2D eigenvalue weighted by atomic mass is 16.5. The van der Waals surface area contributed by atoms with Crippen molar-refractivity contribution < 1.29 is 4.74 Å². The largest absolute Gasteiger partial charge is 0.357 e. The van der Waals surface area contributed by atoms with E-state index in [0.29, 0.717) is 12.0 Å². The van der Waals surface area contributed by atoms with E-state index in [4.69, 9.17) is 4.74 Å². The first-order valence-electron chi connectivity index (χ1n) is 9.61. The normalized spacial score (nSPS) is 35.5. The molecule has 1 N–H and O–H groups in total. The van der Waals surface area contributed by atoms with Gasteiger partial charge >= 0.3 is 0 Å². The SMILES string of the molecule is C/C=C1/CCC[C@]23Nc4ccccc4C2C[C@@H](O3)N([C@@H](C)CC)C1. The van der Waals surface area contributed by atoms with Crippen LogP contribution in [0.25, 0.3) is 0 Å². The molecule has 130 valence electrons. The van der Waals surface area contributed by atoms with Crippen LogP contribution in [0.15, 0.2) is 35.9 Å². The quantitative estimate of drug-likeness (QED) is 0.785. The van der Waals surface area contributed by atoms with Crippen molar-refractivity contribution in [2.45, 2.75) is 76.8 Å². The van der Waals surface area contributed by atoms with E-state index in [1.165, 1.54) is 30.5 Å². The van der Waals surface area contributed by atoms with Crippen molar-refractivity contribution in [1.29, 1.82) is 0 Å². The maximum atomic E-state index is 6.79. The standard InChI is InChI=1S/C21H30N2O/c1-4-15(3)23-14-16(5-2)9-8-12-21-18(13-20(23)24-21)17-10-6-7-11-19(17)22-21/h5-7,10-11,15,18,20,22H,4,8-9,12-14H2,1-3H3/b16-5-/t15-,18?,20+,21+/m0/s1. The van der Waals surface area contributed by atoms with Gasteiger partial charge < -0.3 is 10.1 Å². The molecule has 0 saturated carbocycles. The predicted octanol–water partition coefficient (Wildman–Crippen LogP) is 4.87. The number of anilines is 1. The molecule has 4 atom stereocenters. The van der Waals surface area contributed by atoms with Crippen LogP contribution in [0.4, 0.5) is 5.69 Å². The second-order valence-corrected chi connectivity index (χ2v) is 7.69. The molecule has 1 unspecified atom stereocenters. The van der Waals surface area contributed by atoms with Crippen LogP contribution in [0.5, 0.6) is 0 Å². The van der Waals surface area contributed by atoms with Crippen LogP contribution in [0.1, 0.15) is 64.4 Å². The van der Waals surface area contributed by atoms with Gasteiger partial charge in [0.2, 0.25) is 0 Å². The Morgan fingerprint density at radius 3 is 3.04 bits per heavy atom. The van der Waals surface area contributed by atoms with Crippen LogP contribution in [0.2, 0.25) is 0 Å². The molecular weight excluding hydrogens is 296 g/mol. The Hall–Kier alpha value is -1.32. The van der Waals surface area contributed by atoms with Gasteiger partial charge in [-0.2, -0.15) is 0 Å². The number of para-hydroxylation sites is 1. The summed E-state index contributed by atoms with van der Waals surface area (Å²) in [5, 5.41) is 3.78. The van der Waals surface area contributed by atoms with Crippen molar-refractivity contribution in [2.75, 3.05) is 11.9 Å². The van der Waals surface area contributed by atoms with E-state index >= 15 is 0 Å². The first-order valence-corrected chi connectivity index (χ1v) is 9.61. The van der Waals surface area contributed by atoms with Crippen LogP contribution in [-0.2, 0) is 4.74 Å². The fourth-order valence-corrected chi connectivity index (χ4v) is 4.80. The van der Waals surface area contributed by atoms with E-state index in [-0.39, 0.29) is 12.0 Å². The van der Waals surface area contributed by atoms with Gasteiger partial charge in [0.1, 0.15) is 12.0 Å². The van der Waals surface area contributed by atoms with Crippen molar-refractivity contribution in [1.82, 2.24) is 4.90 Å². The fourth-order valence-electron chi connectivity index (χ4n) is 4.80. The van der Waals surface area contributed by atoms with Gasteiger partial charge in [0.05, 0.1) is 0 Å². The average Bonchev–Trinajstić information content (AvgIpc) is 3.12. The van der Waals surface area contributed by atoms with Gasteiger partial charge in [0.15, 0.2) is 0 Å². The summed E-state index contributed by atoms with van der Waals surface area (Å²) in [5.41, 5.74) is 4.11. The molecule has 1 spiro atoms. The number of benzene rings is 1. The molecule has 3 aliphatic heterocycles. The molecule has 1 aromatic carbocycles. The highest BCUT2D eigenvalue weighted by molar-refractivity contribution is 5.61. The summed E-state index contributed by atoms with van der Waals surface area (Å²) in [6.07, 6.45) is 8.28. The zero-order chi connectivity index (χ0) is 16.7. The van der Waals surface area contributed by atoms with Crippen LogP contribution < -0.4 is 5.32 Å². The molecule has 0 amide bonds. The molecule has 3 nitrogen and oxygen atoms in total. The van der Waals surface area contributed by atoms with Gasteiger partial charge in [-0.05, 0) is 57.6 Å². The maximum Gasteiger partial charge on any atom is 0.147 e. The smallest absolute Gasteiger partial charge is 0.147 e. The lowest BCUT2D eigenvalue weighted by atomic mass is 9.86. The molecule has 2 fully saturated rings. The molecule has 3 heteroatoms. The van der Waals surface area contributed by atoms with E-state index in [2.05, 4.69) is 61.3 Å². The summed E-state index contributed by atoms with van der Waals surface area (Å²) in [6, 6.07) is 9.34. The molecule has 3 heterocycles. The average molecular weight is 326 g/mol. The van der Waals surface area contributed by atoms with E-state index in [0.717, 1.165) is 19.4 Å². The highest BCUT2D eigenvalue weighted by Crippen LogP contribution is 2.54. The molecule has 2 saturated heterocycles. The Kier molecular flexibility index (Phi) is 4.17. The number of hydrogen-bond acceptors (Lipinski definition) is 3. The number of nitrogens with zero attached hydrogens (tertiary/aromatic N) is 1. The van der Waals surface area contributed by atoms with Crippen LogP contribution in [0.3, 0.4) is 0 Å². The molecular formula is C21H30N2O. The molecule has 0 aromatic heterocycles. The predicted molar refractivity (Wildman–Crippen MR) is 99.1 cm³/mol. The lowest BCUT2D eigenvalue weighted by Crippen LogP contribution is -2.45. The lowest BCUT2D eigenvalue weighted by molar-refractivity contribution is -0.105. The van der Waals surface area contributed by atoms with Crippen LogP contribution in [0, 0.1) is 0 Å². The third-order valence-electron chi connectivity index (χ3n) is 6.40. The third-order valence-corrected chi connectivity index (χ3v) is 6.40. The van der Waals surface area contributed by atoms with Crippen LogP contribution in [-0.4, -0.2) is 29.4 Å². The topological polar surface area (TPSA) is 24.5 Å². The Balaban J connectivity index is 1.70. The molecule has 3 aliphatic rings. The van der Waals surface area contributed by atoms with E-state index < -0.39 is 0 Å². The Morgan fingerprint density at radius 1 is 1.42 bits per heavy atom. The summed E-state index contributed by atoms with van der Waals surface area (Å²) in [5.74, 6) is 0.484. The van der Waals surface area contributed by atoms with Gasteiger partial charge in [0.25, 0.3) is 0 Å². The monoisotopic (exact) mass is 326 g/mol. The summed E-state index contributed by atoms with van der Waals surface area (Å²) in [6.45, 7) is 7.87. The number of fused-ring (bicyclic) bond motifs is 3. The Morgan fingerprint density at radius 2 is 2.25 bits per heavy atom. The Bertz CT molecular complexity index is 640. The third kappa shape index (κ3) is 2.49. The number of hydrogen-bond donors (Lipinski definition) is 1. The zero-order valence-corrected chi connectivity index (χ0v) is 15.2. The zero-order valence-electron chi connectivity index (χ0n) is 15.2. The summed E-state index contributed by atoms with van der Waals surface area (Å²) in [7, 11) is 0. The van der Waals surface area contributed by atoms with Crippen molar-refractivity contribution in [3.05, 3.63) is 41.5 Å². The molecule has 1 aromatic rings. The summed E-state index contributed by atoms with van der Waals surface area (Å²) in [4.78, 5) is 2.60.